The Hall–Kier alpha value is -1.89. The van der Waals surface area contributed by atoms with Gasteiger partial charge >= 0.3 is 0 Å². The molecule has 1 aliphatic rings. The number of hydrogen-bond acceptors (Lipinski definition) is 5. The van der Waals surface area contributed by atoms with Crippen molar-refractivity contribution in [3.05, 3.63) is 36.8 Å². The zero-order valence-electron chi connectivity index (χ0n) is 13.2. The number of anilines is 1. The summed E-state index contributed by atoms with van der Waals surface area (Å²) in [6, 6.07) is 6.10. The summed E-state index contributed by atoms with van der Waals surface area (Å²) < 4.78 is 24.5. The number of aromatic nitrogens is 3. The molecule has 7 heteroatoms. The van der Waals surface area contributed by atoms with Gasteiger partial charge in [0.05, 0.1) is 23.8 Å². The van der Waals surface area contributed by atoms with Gasteiger partial charge in [0.25, 0.3) is 0 Å². The topological polar surface area (TPSA) is 76.9 Å². The molecule has 0 spiro atoms. The summed E-state index contributed by atoms with van der Waals surface area (Å²) in [5, 5.41) is 7.82. The Morgan fingerprint density at radius 2 is 2.04 bits per heavy atom. The van der Waals surface area contributed by atoms with Crippen molar-refractivity contribution in [3.63, 3.8) is 0 Å². The zero-order valence-corrected chi connectivity index (χ0v) is 14.0. The van der Waals surface area contributed by atoms with E-state index in [0.717, 1.165) is 37.2 Å². The van der Waals surface area contributed by atoms with E-state index < -0.39 is 9.84 Å². The van der Waals surface area contributed by atoms with E-state index in [-0.39, 0.29) is 0 Å². The lowest BCUT2D eigenvalue weighted by Gasteiger charge is -2.28. The first-order valence-corrected chi connectivity index (χ1v) is 9.96. The lowest BCUT2D eigenvalue weighted by Crippen LogP contribution is -2.28. The molecule has 0 saturated heterocycles. The summed E-state index contributed by atoms with van der Waals surface area (Å²) in [5.41, 5.74) is 0.974. The van der Waals surface area contributed by atoms with Crippen molar-refractivity contribution < 1.29 is 8.42 Å². The van der Waals surface area contributed by atoms with Crippen LogP contribution in [0.4, 0.5) is 5.69 Å². The number of rotatable bonds is 5. The van der Waals surface area contributed by atoms with Gasteiger partial charge in [-0.3, -0.25) is 0 Å². The van der Waals surface area contributed by atoms with Crippen LogP contribution >= 0.6 is 0 Å². The fourth-order valence-corrected chi connectivity index (χ4v) is 4.34. The third kappa shape index (κ3) is 4.54. The van der Waals surface area contributed by atoms with Crippen molar-refractivity contribution in [1.29, 1.82) is 0 Å². The Morgan fingerprint density at radius 1 is 1.26 bits per heavy atom. The van der Waals surface area contributed by atoms with Crippen LogP contribution in [0.25, 0.3) is 5.82 Å². The first-order chi connectivity index (χ1) is 11.0. The van der Waals surface area contributed by atoms with E-state index in [2.05, 4.69) is 15.4 Å². The van der Waals surface area contributed by atoms with Gasteiger partial charge in [0.1, 0.15) is 9.84 Å². The smallest absolute Gasteiger partial charge is 0.153 e. The number of nitrogens with zero attached hydrogens (tertiary/aromatic N) is 3. The van der Waals surface area contributed by atoms with Crippen molar-refractivity contribution in [2.75, 3.05) is 17.3 Å². The van der Waals surface area contributed by atoms with Crippen LogP contribution in [0.1, 0.15) is 25.7 Å². The molecule has 6 nitrogen and oxygen atoms in total. The number of nitrogens with one attached hydrogen (secondary N) is 1. The van der Waals surface area contributed by atoms with E-state index in [4.69, 9.17) is 0 Å². The molecule has 0 atom stereocenters. The second kappa shape index (κ2) is 6.70. The van der Waals surface area contributed by atoms with Crippen molar-refractivity contribution in [2.24, 2.45) is 5.92 Å². The minimum atomic E-state index is -2.87. The fourth-order valence-electron chi connectivity index (χ4n) is 3.15. The fraction of sp³-hybridized carbons (Fsp3) is 0.500. The predicted molar refractivity (Wildman–Crippen MR) is 90.4 cm³/mol. The van der Waals surface area contributed by atoms with Gasteiger partial charge in [0.15, 0.2) is 5.82 Å². The molecule has 0 radical (unpaired) electrons. The second-order valence-electron chi connectivity index (χ2n) is 6.32. The SMILES string of the molecule is CS(=O)(=O)CC1CCC(Nc2cnn(-c3ccccn3)c2)CC1. The summed E-state index contributed by atoms with van der Waals surface area (Å²) in [5.74, 6) is 1.41. The molecule has 0 aliphatic heterocycles. The van der Waals surface area contributed by atoms with Gasteiger partial charge in [-0.2, -0.15) is 5.10 Å². The largest absolute Gasteiger partial charge is 0.380 e. The van der Waals surface area contributed by atoms with Crippen LogP contribution < -0.4 is 5.32 Å². The molecule has 0 aromatic carbocycles. The molecular weight excluding hydrogens is 312 g/mol. The Labute approximate surface area is 136 Å². The van der Waals surface area contributed by atoms with E-state index in [0.29, 0.717) is 17.7 Å². The molecule has 2 heterocycles. The minimum Gasteiger partial charge on any atom is -0.380 e. The molecule has 1 fully saturated rings. The predicted octanol–water partition coefficient (Wildman–Crippen LogP) is 2.28. The van der Waals surface area contributed by atoms with Crippen LogP contribution in [-0.4, -0.2) is 41.2 Å². The van der Waals surface area contributed by atoms with Crippen molar-refractivity contribution >= 4 is 15.5 Å². The molecule has 124 valence electrons. The van der Waals surface area contributed by atoms with Crippen LogP contribution in [-0.2, 0) is 9.84 Å². The van der Waals surface area contributed by atoms with Gasteiger partial charge in [0.2, 0.25) is 0 Å². The summed E-state index contributed by atoms with van der Waals surface area (Å²) in [7, 11) is -2.87. The zero-order chi connectivity index (χ0) is 16.3. The molecule has 1 aliphatic carbocycles. The van der Waals surface area contributed by atoms with Crippen LogP contribution in [0.5, 0.6) is 0 Å². The molecule has 23 heavy (non-hydrogen) atoms. The first kappa shape index (κ1) is 16.0. The number of pyridine rings is 1. The highest BCUT2D eigenvalue weighted by atomic mass is 32.2. The molecule has 0 bridgehead atoms. The van der Waals surface area contributed by atoms with Gasteiger partial charge in [0, 0.05) is 18.5 Å². The maximum atomic E-state index is 11.4. The summed E-state index contributed by atoms with van der Waals surface area (Å²) in [6.45, 7) is 0. The Bertz CT molecular complexity index is 734. The Kier molecular flexibility index (Phi) is 4.66. The Balaban J connectivity index is 1.54. The molecule has 3 rings (SSSR count). The summed E-state index contributed by atoms with van der Waals surface area (Å²) in [4.78, 5) is 4.27. The molecule has 1 N–H and O–H groups in total. The molecule has 2 aromatic heterocycles. The van der Waals surface area contributed by atoms with Gasteiger partial charge in [-0.15, -0.1) is 0 Å². The maximum absolute atomic E-state index is 11.4. The third-order valence-electron chi connectivity index (χ3n) is 4.22. The van der Waals surface area contributed by atoms with Crippen molar-refractivity contribution in [3.8, 4) is 5.82 Å². The van der Waals surface area contributed by atoms with Crippen LogP contribution in [0.3, 0.4) is 0 Å². The standard InChI is InChI=1S/C16H22N4O2S/c1-23(21,22)12-13-5-7-14(8-6-13)19-15-10-18-20(11-15)16-4-2-3-9-17-16/h2-4,9-11,13-14,19H,5-8,12H2,1H3. The van der Waals surface area contributed by atoms with Crippen LogP contribution in [0.15, 0.2) is 36.8 Å². The van der Waals surface area contributed by atoms with E-state index >= 15 is 0 Å². The van der Waals surface area contributed by atoms with E-state index in [1.54, 1.807) is 17.1 Å². The average molecular weight is 334 g/mol. The summed E-state index contributed by atoms with van der Waals surface area (Å²) in [6.07, 6.45) is 10.7. The first-order valence-electron chi connectivity index (χ1n) is 7.90. The van der Waals surface area contributed by atoms with Crippen molar-refractivity contribution in [1.82, 2.24) is 14.8 Å². The summed E-state index contributed by atoms with van der Waals surface area (Å²) >= 11 is 0. The van der Waals surface area contributed by atoms with Gasteiger partial charge in [-0.05, 0) is 43.7 Å². The van der Waals surface area contributed by atoms with Crippen LogP contribution in [0.2, 0.25) is 0 Å². The normalized spacial score (nSPS) is 22.0. The average Bonchev–Trinajstić information content (AvgIpc) is 2.97. The third-order valence-corrected chi connectivity index (χ3v) is 5.30. The quantitative estimate of drug-likeness (QED) is 0.908. The maximum Gasteiger partial charge on any atom is 0.153 e. The highest BCUT2D eigenvalue weighted by Gasteiger charge is 2.24. The van der Waals surface area contributed by atoms with E-state index in [9.17, 15) is 8.42 Å². The lowest BCUT2D eigenvalue weighted by atomic mass is 9.87. The van der Waals surface area contributed by atoms with Crippen LogP contribution in [0, 0.1) is 5.92 Å². The van der Waals surface area contributed by atoms with Crippen molar-refractivity contribution in [2.45, 2.75) is 31.7 Å². The molecule has 2 aromatic rings. The highest BCUT2D eigenvalue weighted by Crippen LogP contribution is 2.27. The molecule has 0 amide bonds. The van der Waals surface area contributed by atoms with Gasteiger partial charge < -0.3 is 5.32 Å². The Morgan fingerprint density at radius 3 is 2.70 bits per heavy atom. The van der Waals surface area contributed by atoms with Gasteiger partial charge in [-0.25, -0.2) is 18.1 Å². The second-order valence-corrected chi connectivity index (χ2v) is 8.50. The highest BCUT2D eigenvalue weighted by molar-refractivity contribution is 7.90. The lowest BCUT2D eigenvalue weighted by molar-refractivity contribution is 0.362. The van der Waals surface area contributed by atoms with Gasteiger partial charge in [-0.1, -0.05) is 6.07 Å². The minimum absolute atomic E-state index is 0.305. The number of sulfone groups is 1. The number of hydrogen-bond donors (Lipinski definition) is 1. The van der Waals surface area contributed by atoms with E-state index in [1.807, 2.05) is 24.4 Å². The molecule has 1 saturated carbocycles. The molecular formula is C16H22N4O2S. The monoisotopic (exact) mass is 334 g/mol. The molecule has 0 unspecified atom stereocenters. The van der Waals surface area contributed by atoms with E-state index in [1.165, 1.54) is 6.26 Å².